The van der Waals surface area contributed by atoms with Gasteiger partial charge in [-0.3, -0.25) is 9.59 Å². The highest BCUT2D eigenvalue weighted by Gasteiger charge is 2.29. The molecule has 5 nitrogen and oxygen atoms in total. The highest BCUT2D eigenvalue weighted by molar-refractivity contribution is 6.31. The number of carbonyl (C=O) groups excluding carboxylic acids is 2. The van der Waals surface area contributed by atoms with Crippen LogP contribution in [0.15, 0.2) is 42.6 Å². The molecule has 6 heteroatoms. The summed E-state index contributed by atoms with van der Waals surface area (Å²) < 4.78 is 2.17. The average Bonchev–Trinajstić information content (AvgIpc) is 3.25. The van der Waals surface area contributed by atoms with E-state index in [0.29, 0.717) is 19.6 Å². The van der Waals surface area contributed by atoms with Gasteiger partial charge in [0.2, 0.25) is 11.8 Å². The van der Waals surface area contributed by atoms with Crippen LogP contribution in [0, 0.1) is 5.92 Å². The molecule has 1 heterocycles. The van der Waals surface area contributed by atoms with Crippen molar-refractivity contribution in [1.82, 2.24) is 14.4 Å². The summed E-state index contributed by atoms with van der Waals surface area (Å²) in [5, 5.41) is 0.750. The van der Waals surface area contributed by atoms with E-state index in [1.54, 1.807) is 4.90 Å². The van der Waals surface area contributed by atoms with E-state index in [2.05, 4.69) is 10.6 Å². The van der Waals surface area contributed by atoms with E-state index in [-0.39, 0.29) is 30.3 Å². The van der Waals surface area contributed by atoms with Crippen LogP contribution in [0.3, 0.4) is 0 Å². The summed E-state index contributed by atoms with van der Waals surface area (Å²) in [6, 6.07) is 12.2. The van der Waals surface area contributed by atoms with E-state index in [1.807, 2.05) is 62.2 Å². The Kier molecular flexibility index (Phi) is 9.42. The van der Waals surface area contributed by atoms with E-state index in [4.69, 9.17) is 11.6 Å². The molecule has 3 rings (SSSR count). The molecular weight excluding hydrogens is 434 g/mol. The van der Waals surface area contributed by atoms with Crippen molar-refractivity contribution >= 4 is 23.4 Å². The lowest BCUT2D eigenvalue weighted by atomic mass is 9.94. The second-order valence-electron chi connectivity index (χ2n) is 9.45. The molecule has 0 saturated heterocycles. The SMILES string of the molecule is CCCN(CC(=O)N(Cc1cccn1Cc1ccccc1Cl)C1CCCCC1)C(=O)C(C)C. The lowest BCUT2D eigenvalue weighted by Crippen LogP contribution is -2.48. The van der Waals surface area contributed by atoms with E-state index in [1.165, 1.54) is 6.42 Å². The largest absolute Gasteiger partial charge is 0.345 e. The summed E-state index contributed by atoms with van der Waals surface area (Å²) in [5.41, 5.74) is 2.15. The second kappa shape index (κ2) is 12.3. The molecule has 2 aromatic rings. The first-order valence-electron chi connectivity index (χ1n) is 12.4. The number of benzene rings is 1. The van der Waals surface area contributed by atoms with Crippen LogP contribution < -0.4 is 0 Å². The average molecular weight is 472 g/mol. The topological polar surface area (TPSA) is 45.6 Å². The van der Waals surface area contributed by atoms with Crippen molar-refractivity contribution in [3.63, 3.8) is 0 Å². The fourth-order valence-electron chi connectivity index (χ4n) is 4.70. The summed E-state index contributed by atoms with van der Waals surface area (Å²) >= 11 is 6.40. The third kappa shape index (κ3) is 6.86. The number of hydrogen-bond donors (Lipinski definition) is 0. The maximum Gasteiger partial charge on any atom is 0.242 e. The first-order chi connectivity index (χ1) is 15.9. The number of carbonyl (C=O) groups is 2. The maximum absolute atomic E-state index is 13.6. The van der Waals surface area contributed by atoms with Crippen LogP contribution >= 0.6 is 11.6 Å². The Morgan fingerprint density at radius 2 is 1.82 bits per heavy atom. The van der Waals surface area contributed by atoms with Crippen molar-refractivity contribution in [3.8, 4) is 0 Å². The van der Waals surface area contributed by atoms with Crippen molar-refractivity contribution in [2.75, 3.05) is 13.1 Å². The van der Waals surface area contributed by atoms with Crippen molar-refractivity contribution in [2.24, 2.45) is 5.92 Å². The van der Waals surface area contributed by atoms with E-state index in [0.717, 1.165) is 48.4 Å². The van der Waals surface area contributed by atoms with Crippen LogP contribution in [-0.4, -0.2) is 45.3 Å². The zero-order valence-corrected chi connectivity index (χ0v) is 21.1. The van der Waals surface area contributed by atoms with Gasteiger partial charge in [-0.25, -0.2) is 0 Å². The van der Waals surface area contributed by atoms with Crippen molar-refractivity contribution in [2.45, 2.75) is 78.4 Å². The van der Waals surface area contributed by atoms with Crippen LogP contribution in [0.2, 0.25) is 5.02 Å². The van der Waals surface area contributed by atoms with E-state index >= 15 is 0 Å². The molecule has 33 heavy (non-hydrogen) atoms. The van der Waals surface area contributed by atoms with Gasteiger partial charge in [0.05, 0.1) is 13.1 Å². The number of hydrogen-bond acceptors (Lipinski definition) is 2. The summed E-state index contributed by atoms with van der Waals surface area (Å²) in [6.45, 7) is 7.84. The van der Waals surface area contributed by atoms with Crippen LogP contribution in [-0.2, 0) is 22.7 Å². The molecule has 0 bridgehead atoms. The van der Waals surface area contributed by atoms with Crippen molar-refractivity contribution in [3.05, 3.63) is 58.9 Å². The molecule has 1 aliphatic carbocycles. The van der Waals surface area contributed by atoms with Gasteiger partial charge in [-0.1, -0.05) is 69.8 Å². The van der Waals surface area contributed by atoms with Crippen LogP contribution in [0.25, 0.3) is 0 Å². The van der Waals surface area contributed by atoms with E-state index in [9.17, 15) is 9.59 Å². The van der Waals surface area contributed by atoms with Crippen molar-refractivity contribution in [1.29, 1.82) is 0 Å². The Labute approximate surface area is 203 Å². The number of amides is 2. The number of aromatic nitrogens is 1. The summed E-state index contributed by atoms with van der Waals surface area (Å²) in [6.07, 6.45) is 8.49. The molecular formula is C27H38ClN3O2. The zero-order chi connectivity index (χ0) is 23.8. The van der Waals surface area contributed by atoms with Crippen molar-refractivity contribution < 1.29 is 9.59 Å². The minimum Gasteiger partial charge on any atom is -0.345 e. The first-order valence-corrected chi connectivity index (χ1v) is 12.7. The van der Waals surface area contributed by atoms with Gasteiger partial charge >= 0.3 is 0 Å². The Morgan fingerprint density at radius 3 is 2.48 bits per heavy atom. The molecule has 1 saturated carbocycles. The smallest absolute Gasteiger partial charge is 0.242 e. The lowest BCUT2D eigenvalue weighted by Gasteiger charge is -2.36. The molecule has 1 aliphatic rings. The molecule has 0 unspecified atom stereocenters. The molecule has 1 aromatic heterocycles. The van der Waals surface area contributed by atoms with Gasteiger partial charge in [0.1, 0.15) is 0 Å². The van der Waals surface area contributed by atoms with Gasteiger partial charge < -0.3 is 14.4 Å². The minimum absolute atomic E-state index is 0.0508. The quantitative estimate of drug-likeness (QED) is 0.443. The Bertz CT molecular complexity index is 918. The van der Waals surface area contributed by atoms with Gasteiger partial charge in [-0.05, 0) is 43.0 Å². The molecule has 0 aliphatic heterocycles. The molecule has 180 valence electrons. The Morgan fingerprint density at radius 1 is 1.09 bits per heavy atom. The second-order valence-corrected chi connectivity index (χ2v) is 9.85. The Hall–Kier alpha value is -2.27. The normalized spacial score (nSPS) is 14.5. The standard InChI is InChI=1S/C27H38ClN3O2/c1-4-16-30(27(33)21(2)3)20-26(32)31(23-12-6-5-7-13-23)19-24-14-10-17-29(24)18-22-11-8-9-15-25(22)28/h8-11,14-15,17,21,23H,4-7,12-13,16,18-20H2,1-3H3. The fraction of sp³-hybridized carbons (Fsp3) is 0.556. The van der Waals surface area contributed by atoms with Crippen LogP contribution in [0.4, 0.5) is 0 Å². The highest BCUT2D eigenvalue weighted by atomic mass is 35.5. The van der Waals surface area contributed by atoms with E-state index < -0.39 is 0 Å². The number of nitrogens with zero attached hydrogens (tertiary/aromatic N) is 3. The molecule has 0 N–H and O–H groups in total. The summed E-state index contributed by atoms with van der Waals surface area (Å²) in [7, 11) is 0. The fourth-order valence-corrected chi connectivity index (χ4v) is 4.90. The van der Waals surface area contributed by atoms with Crippen LogP contribution in [0.1, 0.15) is 70.6 Å². The minimum atomic E-state index is -0.111. The van der Waals surface area contributed by atoms with Gasteiger partial charge in [-0.2, -0.15) is 0 Å². The summed E-state index contributed by atoms with van der Waals surface area (Å²) in [4.78, 5) is 30.1. The molecule has 1 fully saturated rings. The Balaban J connectivity index is 1.80. The molecule has 1 aromatic carbocycles. The molecule has 0 atom stereocenters. The third-order valence-corrected chi connectivity index (χ3v) is 6.88. The predicted octanol–water partition coefficient (Wildman–Crippen LogP) is 5.75. The number of rotatable bonds is 10. The highest BCUT2D eigenvalue weighted by Crippen LogP contribution is 2.25. The zero-order valence-electron chi connectivity index (χ0n) is 20.3. The predicted molar refractivity (Wildman–Crippen MR) is 134 cm³/mol. The van der Waals surface area contributed by atoms with Crippen LogP contribution in [0.5, 0.6) is 0 Å². The third-order valence-electron chi connectivity index (χ3n) is 6.52. The molecule has 0 radical (unpaired) electrons. The van der Waals surface area contributed by atoms with Gasteiger partial charge in [0.15, 0.2) is 0 Å². The van der Waals surface area contributed by atoms with Gasteiger partial charge in [0, 0.05) is 42.0 Å². The monoisotopic (exact) mass is 471 g/mol. The molecule has 0 spiro atoms. The summed E-state index contributed by atoms with van der Waals surface area (Å²) in [5.74, 6) is -0.00827. The van der Waals surface area contributed by atoms with Gasteiger partial charge in [-0.15, -0.1) is 0 Å². The van der Waals surface area contributed by atoms with Gasteiger partial charge in [0.25, 0.3) is 0 Å². The maximum atomic E-state index is 13.6. The molecule has 2 amide bonds. The first kappa shape index (κ1) is 25.4. The lowest BCUT2D eigenvalue weighted by molar-refractivity contribution is -0.144. The number of halogens is 1.